The molecule has 0 radical (unpaired) electrons. The Hall–Kier alpha value is -1.89. The number of aliphatic hydroxyl groups is 1. The number of aromatic nitrogens is 3. The van der Waals surface area contributed by atoms with Crippen LogP contribution in [-0.4, -0.2) is 32.3 Å². The summed E-state index contributed by atoms with van der Waals surface area (Å²) in [4.78, 5) is 17.2. The fraction of sp³-hybridized carbons (Fsp3) is 0.389. The average Bonchev–Trinajstić information content (AvgIpc) is 3.03. The molecule has 0 fully saturated rings. The van der Waals surface area contributed by atoms with Gasteiger partial charge in [-0.05, 0) is 37.0 Å². The van der Waals surface area contributed by atoms with Crippen molar-refractivity contribution in [3.8, 4) is 0 Å². The maximum Gasteiger partial charge on any atom is 0.226 e. The fourth-order valence-electron chi connectivity index (χ4n) is 3.53. The van der Waals surface area contributed by atoms with Crippen molar-refractivity contribution in [3.63, 3.8) is 0 Å². The predicted octanol–water partition coefficient (Wildman–Crippen LogP) is 3.53. The standard InChI is InChI=1S/C18H18Cl2N4O2/c19-11-7-6-10(9-12(11)20)17-16-13(3-1-4-14(16)26)21-18-22-15(5-2-8-25)23-24(17)18/h6-7,9,17,25H,1-5,8H2,(H,21,22,23). The number of halogens is 2. The summed E-state index contributed by atoms with van der Waals surface area (Å²) < 4.78 is 1.74. The topological polar surface area (TPSA) is 80.0 Å². The monoisotopic (exact) mass is 392 g/mol. The van der Waals surface area contributed by atoms with E-state index < -0.39 is 0 Å². The van der Waals surface area contributed by atoms with Gasteiger partial charge in [-0.25, -0.2) is 4.68 Å². The fourth-order valence-corrected chi connectivity index (χ4v) is 3.84. The van der Waals surface area contributed by atoms with E-state index in [-0.39, 0.29) is 18.4 Å². The first-order valence-corrected chi connectivity index (χ1v) is 9.38. The molecule has 26 heavy (non-hydrogen) atoms. The second-order valence-corrected chi connectivity index (χ2v) is 7.31. The molecule has 2 heterocycles. The van der Waals surface area contributed by atoms with Gasteiger partial charge in [-0.2, -0.15) is 10.1 Å². The molecule has 8 heteroatoms. The van der Waals surface area contributed by atoms with Crippen LogP contribution in [-0.2, 0) is 11.2 Å². The van der Waals surface area contributed by atoms with E-state index in [1.807, 2.05) is 6.07 Å². The Kier molecular flexibility index (Phi) is 4.73. The number of ketones is 1. The van der Waals surface area contributed by atoms with Gasteiger partial charge < -0.3 is 10.4 Å². The Morgan fingerprint density at radius 3 is 2.88 bits per heavy atom. The second kappa shape index (κ2) is 7.02. The van der Waals surface area contributed by atoms with Crippen LogP contribution in [0.25, 0.3) is 0 Å². The molecule has 4 rings (SSSR count). The van der Waals surface area contributed by atoms with Crippen LogP contribution < -0.4 is 5.32 Å². The SMILES string of the molecule is O=C1CCCC2=C1C(c1ccc(Cl)c(Cl)c1)n1nc(CCCO)nc1N2. The van der Waals surface area contributed by atoms with Gasteiger partial charge in [0.15, 0.2) is 11.6 Å². The lowest BCUT2D eigenvalue weighted by molar-refractivity contribution is -0.116. The molecule has 1 aromatic carbocycles. The Morgan fingerprint density at radius 2 is 2.12 bits per heavy atom. The third kappa shape index (κ3) is 3.02. The lowest BCUT2D eigenvalue weighted by atomic mass is 9.85. The van der Waals surface area contributed by atoms with Crippen LogP contribution in [0.4, 0.5) is 5.95 Å². The number of anilines is 1. The number of rotatable bonds is 4. The predicted molar refractivity (Wildman–Crippen MR) is 99.5 cm³/mol. The van der Waals surface area contributed by atoms with Crippen molar-refractivity contribution >= 4 is 34.9 Å². The van der Waals surface area contributed by atoms with Gasteiger partial charge in [0, 0.05) is 30.7 Å². The summed E-state index contributed by atoms with van der Waals surface area (Å²) in [5.74, 6) is 1.37. The summed E-state index contributed by atoms with van der Waals surface area (Å²) >= 11 is 12.3. The molecule has 136 valence electrons. The minimum absolute atomic E-state index is 0.0841. The van der Waals surface area contributed by atoms with Gasteiger partial charge >= 0.3 is 0 Å². The number of fused-ring (bicyclic) bond motifs is 1. The number of nitrogens with zero attached hydrogens (tertiary/aromatic N) is 3. The van der Waals surface area contributed by atoms with Gasteiger partial charge in [-0.1, -0.05) is 29.3 Å². The molecule has 1 aromatic heterocycles. The molecule has 1 aliphatic heterocycles. The number of Topliss-reactive ketones (excluding diaryl/α,β-unsaturated/α-hetero) is 1. The van der Waals surface area contributed by atoms with Crippen molar-refractivity contribution in [1.29, 1.82) is 0 Å². The molecule has 0 saturated carbocycles. The molecule has 2 N–H and O–H groups in total. The maximum absolute atomic E-state index is 12.7. The number of hydrogen-bond donors (Lipinski definition) is 2. The average molecular weight is 393 g/mol. The number of aryl methyl sites for hydroxylation is 1. The largest absolute Gasteiger partial charge is 0.396 e. The second-order valence-electron chi connectivity index (χ2n) is 6.49. The third-order valence-electron chi connectivity index (χ3n) is 4.73. The number of benzene rings is 1. The molecule has 6 nitrogen and oxygen atoms in total. The van der Waals surface area contributed by atoms with E-state index in [1.165, 1.54) is 0 Å². The van der Waals surface area contributed by atoms with Gasteiger partial charge in [-0.15, -0.1) is 0 Å². The van der Waals surface area contributed by atoms with Crippen molar-refractivity contribution < 1.29 is 9.90 Å². The Morgan fingerprint density at radius 1 is 1.27 bits per heavy atom. The number of hydrogen-bond acceptors (Lipinski definition) is 5. The molecule has 2 aromatic rings. The van der Waals surface area contributed by atoms with Gasteiger partial charge in [-0.3, -0.25) is 4.79 Å². The normalized spacial score (nSPS) is 19.2. The van der Waals surface area contributed by atoms with Crippen LogP contribution >= 0.6 is 23.2 Å². The van der Waals surface area contributed by atoms with Gasteiger partial charge in [0.1, 0.15) is 6.04 Å². The van der Waals surface area contributed by atoms with Crippen molar-refractivity contribution in [3.05, 3.63) is 50.9 Å². The molecule has 0 saturated heterocycles. The first-order valence-electron chi connectivity index (χ1n) is 8.63. The third-order valence-corrected chi connectivity index (χ3v) is 5.47. The summed E-state index contributed by atoms with van der Waals surface area (Å²) in [6.45, 7) is 0.0841. The Bertz CT molecular complexity index is 907. The molecule has 1 aliphatic carbocycles. The zero-order chi connectivity index (χ0) is 18.3. The van der Waals surface area contributed by atoms with E-state index >= 15 is 0 Å². The zero-order valence-electron chi connectivity index (χ0n) is 14.0. The van der Waals surface area contributed by atoms with Gasteiger partial charge in [0.05, 0.1) is 10.0 Å². The lowest BCUT2D eigenvalue weighted by Crippen LogP contribution is -2.31. The first kappa shape index (κ1) is 17.5. The molecule has 1 unspecified atom stereocenters. The minimum Gasteiger partial charge on any atom is -0.396 e. The molecule has 2 aliphatic rings. The van der Waals surface area contributed by atoms with E-state index in [1.54, 1.807) is 16.8 Å². The van der Waals surface area contributed by atoms with Crippen LogP contribution in [0.2, 0.25) is 10.0 Å². The van der Waals surface area contributed by atoms with Crippen molar-refractivity contribution in [2.45, 2.75) is 38.1 Å². The molecule has 0 spiro atoms. The van der Waals surface area contributed by atoms with Crippen molar-refractivity contribution in [2.75, 3.05) is 11.9 Å². The lowest BCUT2D eigenvalue weighted by Gasteiger charge is -2.32. The molecule has 0 amide bonds. The number of carbonyl (C=O) groups is 1. The molecular formula is C18H18Cl2N4O2. The van der Waals surface area contributed by atoms with Crippen LogP contribution in [0, 0.1) is 0 Å². The van der Waals surface area contributed by atoms with E-state index in [4.69, 9.17) is 28.3 Å². The van der Waals surface area contributed by atoms with Gasteiger partial charge in [0.25, 0.3) is 0 Å². The van der Waals surface area contributed by atoms with Gasteiger partial charge in [0.2, 0.25) is 5.95 Å². The Labute approximate surface area is 160 Å². The van der Waals surface area contributed by atoms with Crippen molar-refractivity contribution in [1.82, 2.24) is 14.8 Å². The molecule has 0 bridgehead atoms. The number of aliphatic hydroxyl groups excluding tert-OH is 1. The zero-order valence-corrected chi connectivity index (χ0v) is 15.5. The summed E-state index contributed by atoms with van der Waals surface area (Å²) in [7, 11) is 0. The van der Waals surface area contributed by atoms with Crippen LogP contribution in [0.5, 0.6) is 0 Å². The summed E-state index contributed by atoms with van der Waals surface area (Å²) in [5, 5.41) is 17.8. The summed E-state index contributed by atoms with van der Waals surface area (Å²) in [5.41, 5.74) is 2.48. The van der Waals surface area contributed by atoms with E-state index in [2.05, 4.69) is 15.4 Å². The van der Waals surface area contributed by atoms with Crippen LogP contribution in [0.15, 0.2) is 29.5 Å². The summed E-state index contributed by atoms with van der Waals surface area (Å²) in [6.07, 6.45) is 3.32. The van der Waals surface area contributed by atoms with E-state index in [9.17, 15) is 4.79 Å². The van der Waals surface area contributed by atoms with Crippen LogP contribution in [0.1, 0.15) is 43.1 Å². The highest BCUT2D eigenvalue weighted by atomic mass is 35.5. The maximum atomic E-state index is 12.7. The van der Waals surface area contributed by atoms with Crippen molar-refractivity contribution in [2.24, 2.45) is 0 Å². The quantitative estimate of drug-likeness (QED) is 0.831. The highest BCUT2D eigenvalue weighted by Crippen LogP contribution is 2.41. The van der Waals surface area contributed by atoms with Crippen LogP contribution in [0.3, 0.4) is 0 Å². The minimum atomic E-state index is -0.376. The van der Waals surface area contributed by atoms with E-state index in [0.717, 1.165) is 29.7 Å². The van der Waals surface area contributed by atoms with E-state index in [0.29, 0.717) is 41.1 Å². The Balaban J connectivity index is 1.84. The highest BCUT2D eigenvalue weighted by molar-refractivity contribution is 6.42. The first-order chi connectivity index (χ1) is 12.6. The smallest absolute Gasteiger partial charge is 0.226 e. The number of allylic oxidation sites excluding steroid dienone is 2. The number of nitrogens with one attached hydrogen (secondary N) is 1. The highest BCUT2D eigenvalue weighted by Gasteiger charge is 2.36. The molecular weight excluding hydrogens is 375 g/mol. The molecule has 1 atom stereocenters. The number of carbonyl (C=O) groups excluding carboxylic acids is 1. The summed E-state index contributed by atoms with van der Waals surface area (Å²) in [6, 6.07) is 5.01.